The average molecular weight is 257 g/mol. The molecule has 98 valence electrons. The van der Waals surface area contributed by atoms with E-state index in [0.717, 1.165) is 12.1 Å². The third-order valence-corrected chi connectivity index (χ3v) is 2.83. The van der Waals surface area contributed by atoms with Gasteiger partial charge in [-0.1, -0.05) is 6.08 Å². The van der Waals surface area contributed by atoms with Crippen LogP contribution in [0.1, 0.15) is 24.6 Å². The van der Waals surface area contributed by atoms with E-state index in [4.69, 9.17) is 10.00 Å². The molecule has 2 heterocycles. The van der Waals surface area contributed by atoms with Crippen LogP contribution in [-0.4, -0.2) is 28.9 Å². The van der Waals surface area contributed by atoms with Crippen LogP contribution in [0.25, 0.3) is 0 Å². The van der Waals surface area contributed by atoms with E-state index >= 15 is 0 Å². The number of hydrogen-bond acceptors (Lipinski definition) is 4. The van der Waals surface area contributed by atoms with Crippen LogP contribution in [-0.2, 0) is 11.3 Å². The molecule has 1 aliphatic heterocycles. The number of aromatic nitrogens is 1. The lowest BCUT2D eigenvalue weighted by Gasteiger charge is -2.23. The van der Waals surface area contributed by atoms with Crippen LogP contribution in [0.5, 0.6) is 5.75 Å². The smallest absolute Gasteiger partial charge is 0.246 e. The lowest BCUT2D eigenvalue weighted by molar-refractivity contribution is -0.127. The first-order valence-electron chi connectivity index (χ1n) is 6.22. The molecule has 0 fully saturated rings. The number of hydrogen-bond donors (Lipinski definition) is 0. The molecule has 2 rings (SSSR count). The van der Waals surface area contributed by atoms with Crippen LogP contribution < -0.4 is 4.74 Å². The summed E-state index contributed by atoms with van der Waals surface area (Å²) in [7, 11) is 0. The van der Waals surface area contributed by atoms with Gasteiger partial charge in [-0.15, -0.1) is 0 Å². The number of rotatable bonds is 4. The highest BCUT2D eigenvalue weighted by atomic mass is 16.5. The van der Waals surface area contributed by atoms with Gasteiger partial charge < -0.3 is 9.64 Å². The molecule has 0 saturated heterocycles. The van der Waals surface area contributed by atoms with Gasteiger partial charge in [0.15, 0.2) is 0 Å². The summed E-state index contributed by atoms with van der Waals surface area (Å²) in [6.07, 6.45) is 5.80. The van der Waals surface area contributed by atoms with Crippen molar-refractivity contribution in [2.45, 2.75) is 19.9 Å². The lowest BCUT2D eigenvalue weighted by atomic mass is 10.2. The number of nitrogens with zero attached hydrogens (tertiary/aromatic N) is 3. The Balaban J connectivity index is 2.17. The summed E-state index contributed by atoms with van der Waals surface area (Å²) in [4.78, 5) is 17.6. The fourth-order valence-electron chi connectivity index (χ4n) is 1.91. The number of carbonyl (C=O) groups is 1. The summed E-state index contributed by atoms with van der Waals surface area (Å²) >= 11 is 0. The van der Waals surface area contributed by atoms with E-state index in [9.17, 15) is 4.79 Å². The van der Waals surface area contributed by atoms with Crippen molar-refractivity contribution in [3.63, 3.8) is 0 Å². The van der Waals surface area contributed by atoms with Gasteiger partial charge in [-0.2, -0.15) is 5.26 Å². The third-order valence-electron chi connectivity index (χ3n) is 2.83. The van der Waals surface area contributed by atoms with E-state index in [1.54, 1.807) is 17.0 Å². The van der Waals surface area contributed by atoms with Crippen LogP contribution in [0, 0.1) is 11.3 Å². The Morgan fingerprint density at radius 2 is 2.42 bits per heavy atom. The van der Waals surface area contributed by atoms with Gasteiger partial charge in [0.2, 0.25) is 5.91 Å². The summed E-state index contributed by atoms with van der Waals surface area (Å²) in [5, 5.41) is 8.96. The Labute approximate surface area is 112 Å². The molecule has 0 aliphatic carbocycles. The monoisotopic (exact) mass is 257 g/mol. The fourth-order valence-corrected chi connectivity index (χ4v) is 1.91. The molecule has 1 aliphatic rings. The van der Waals surface area contributed by atoms with Crippen molar-refractivity contribution >= 4 is 5.91 Å². The predicted molar refractivity (Wildman–Crippen MR) is 69.3 cm³/mol. The zero-order valence-corrected chi connectivity index (χ0v) is 10.8. The highest BCUT2D eigenvalue weighted by Gasteiger charge is 2.15. The maximum Gasteiger partial charge on any atom is 0.246 e. The topological polar surface area (TPSA) is 66.2 Å². The number of pyridine rings is 1. The van der Waals surface area contributed by atoms with Gasteiger partial charge in [-0.25, -0.2) is 0 Å². The molecule has 0 aromatic carbocycles. The van der Waals surface area contributed by atoms with E-state index in [-0.39, 0.29) is 5.91 Å². The standard InChI is InChI=1S/C14H15N3O2/c1-2-19-13-7-12(16-9-11(13)8-15)10-17-6-4-3-5-14(17)18/h3,5,7,9H,2,4,6,10H2,1H3. The van der Waals surface area contributed by atoms with Gasteiger partial charge >= 0.3 is 0 Å². The largest absolute Gasteiger partial charge is 0.492 e. The minimum Gasteiger partial charge on any atom is -0.492 e. The van der Waals surface area contributed by atoms with Crippen molar-refractivity contribution in [3.8, 4) is 11.8 Å². The SMILES string of the molecule is CCOc1cc(CN2CCC=CC2=O)ncc1C#N. The van der Waals surface area contributed by atoms with Gasteiger partial charge in [-0.05, 0) is 19.4 Å². The van der Waals surface area contributed by atoms with E-state index in [2.05, 4.69) is 4.98 Å². The minimum absolute atomic E-state index is 0.00429. The van der Waals surface area contributed by atoms with Crippen LogP contribution in [0.4, 0.5) is 0 Å². The Morgan fingerprint density at radius 1 is 1.58 bits per heavy atom. The Kier molecular flexibility index (Phi) is 4.14. The zero-order valence-electron chi connectivity index (χ0n) is 10.8. The highest BCUT2D eigenvalue weighted by Crippen LogP contribution is 2.19. The first kappa shape index (κ1) is 13.1. The molecule has 0 N–H and O–H groups in total. The fraction of sp³-hybridized carbons (Fsp3) is 0.357. The Morgan fingerprint density at radius 3 is 3.11 bits per heavy atom. The summed E-state index contributed by atoms with van der Waals surface area (Å²) < 4.78 is 5.40. The molecule has 19 heavy (non-hydrogen) atoms. The quantitative estimate of drug-likeness (QED) is 0.822. The van der Waals surface area contributed by atoms with Crippen molar-refractivity contribution in [2.75, 3.05) is 13.2 Å². The first-order chi connectivity index (χ1) is 9.24. The van der Waals surface area contributed by atoms with Crippen molar-refractivity contribution in [1.82, 2.24) is 9.88 Å². The summed E-state index contributed by atoms with van der Waals surface area (Å²) in [5.41, 5.74) is 1.14. The van der Waals surface area contributed by atoms with Crippen LogP contribution >= 0.6 is 0 Å². The van der Waals surface area contributed by atoms with Crippen LogP contribution in [0.2, 0.25) is 0 Å². The van der Waals surface area contributed by atoms with Gasteiger partial charge in [-0.3, -0.25) is 9.78 Å². The van der Waals surface area contributed by atoms with E-state index < -0.39 is 0 Å². The molecule has 0 bridgehead atoms. The van der Waals surface area contributed by atoms with Gasteiger partial charge in [0.25, 0.3) is 0 Å². The van der Waals surface area contributed by atoms with Crippen LogP contribution in [0.15, 0.2) is 24.4 Å². The summed E-state index contributed by atoms with van der Waals surface area (Å²) in [5.74, 6) is 0.519. The molecular formula is C14H15N3O2. The van der Waals surface area contributed by atoms with Gasteiger partial charge in [0, 0.05) is 18.8 Å². The van der Waals surface area contributed by atoms with E-state index in [1.807, 2.05) is 19.1 Å². The first-order valence-corrected chi connectivity index (χ1v) is 6.22. The lowest BCUT2D eigenvalue weighted by Crippen LogP contribution is -2.32. The molecule has 0 saturated carbocycles. The minimum atomic E-state index is -0.00429. The van der Waals surface area contributed by atoms with E-state index in [0.29, 0.717) is 31.0 Å². The summed E-state index contributed by atoms with van der Waals surface area (Å²) in [6.45, 7) is 3.49. The van der Waals surface area contributed by atoms with Gasteiger partial charge in [0.1, 0.15) is 17.4 Å². The van der Waals surface area contributed by atoms with Gasteiger partial charge in [0.05, 0.1) is 18.8 Å². The number of nitriles is 1. The molecule has 1 amide bonds. The molecule has 1 aromatic rings. The van der Waals surface area contributed by atoms with E-state index in [1.165, 1.54) is 6.20 Å². The number of carbonyl (C=O) groups excluding carboxylic acids is 1. The zero-order chi connectivity index (χ0) is 13.7. The normalized spacial score (nSPS) is 14.3. The molecule has 0 unspecified atom stereocenters. The molecule has 0 spiro atoms. The molecule has 5 nitrogen and oxygen atoms in total. The summed E-state index contributed by atoms with van der Waals surface area (Å²) in [6, 6.07) is 3.77. The maximum absolute atomic E-state index is 11.7. The Hall–Kier alpha value is -2.35. The Bertz CT molecular complexity index is 546. The molecule has 0 atom stereocenters. The van der Waals surface area contributed by atoms with Crippen molar-refractivity contribution in [2.24, 2.45) is 0 Å². The van der Waals surface area contributed by atoms with Crippen molar-refractivity contribution in [1.29, 1.82) is 5.26 Å². The number of amides is 1. The molecular weight excluding hydrogens is 242 g/mol. The molecule has 0 radical (unpaired) electrons. The molecule has 1 aromatic heterocycles. The average Bonchev–Trinajstić information content (AvgIpc) is 2.42. The molecule has 5 heteroatoms. The predicted octanol–water partition coefficient (Wildman–Crippen LogP) is 1.64. The second-order valence-corrected chi connectivity index (χ2v) is 4.17. The highest BCUT2D eigenvalue weighted by molar-refractivity contribution is 5.88. The maximum atomic E-state index is 11.7. The second kappa shape index (κ2) is 6.01. The third kappa shape index (κ3) is 3.10. The second-order valence-electron chi connectivity index (χ2n) is 4.17. The van der Waals surface area contributed by atoms with Crippen molar-refractivity contribution < 1.29 is 9.53 Å². The van der Waals surface area contributed by atoms with Crippen LogP contribution in [0.3, 0.4) is 0 Å². The van der Waals surface area contributed by atoms with Crippen molar-refractivity contribution in [3.05, 3.63) is 35.7 Å². The number of ether oxygens (including phenoxy) is 1.